The second-order valence-corrected chi connectivity index (χ2v) is 9.00. The Hall–Kier alpha value is -3.88. The normalized spacial score (nSPS) is 13.4. The van der Waals surface area contributed by atoms with Crippen molar-refractivity contribution in [3.05, 3.63) is 148 Å². The third-order valence-corrected chi connectivity index (χ3v) is 7.03. The molecule has 0 heterocycles. The average molecular weight is 463 g/mol. The predicted molar refractivity (Wildman–Crippen MR) is 136 cm³/mol. The molecule has 5 aromatic carbocycles. The molecule has 0 radical (unpaired) electrons. The molecule has 1 N–H and O–H groups in total. The number of hydrogen-bond acceptors (Lipinski definition) is 1. The van der Waals surface area contributed by atoms with Crippen molar-refractivity contribution < 1.29 is 9.50 Å². The Morgan fingerprint density at radius 2 is 1.18 bits per heavy atom. The van der Waals surface area contributed by atoms with Crippen LogP contribution in [0.3, 0.4) is 0 Å². The van der Waals surface area contributed by atoms with Gasteiger partial charge in [-0.1, -0.05) is 96.5 Å². The summed E-state index contributed by atoms with van der Waals surface area (Å²) in [6.07, 6.45) is 0. The topological polar surface area (TPSA) is 20.2 Å². The highest BCUT2D eigenvalue weighted by Crippen LogP contribution is 2.57. The summed E-state index contributed by atoms with van der Waals surface area (Å²) in [6.45, 7) is 0. The molecule has 0 saturated heterocycles. The summed E-state index contributed by atoms with van der Waals surface area (Å²) in [7, 11) is 0. The van der Waals surface area contributed by atoms with Crippen LogP contribution in [0.5, 0.6) is 5.75 Å². The summed E-state index contributed by atoms with van der Waals surface area (Å²) < 4.78 is 14.8. The van der Waals surface area contributed by atoms with Crippen LogP contribution in [-0.4, -0.2) is 5.11 Å². The van der Waals surface area contributed by atoms with Gasteiger partial charge in [0.25, 0.3) is 0 Å². The van der Waals surface area contributed by atoms with Gasteiger partial charge in [-0.2, -0.15) is 0 Å². The van der Waals surface area contributed by atoms with Crippen molar-refractivity contribution in [1.29, 1.82) is 0 Å². The summed E-state index contributed by atoms with van der Waals surface area (Å²) in [5.41, 5.74) is 6.43. The van der Waals surface area contributed by atoms with Crippen LogP contribution in [0, 0.1) is 5.82 Å². The van der Waals surface area contributed by atoms with E-state index in [0.717, 1.165) is 33.4 Å². The second-order valence-electron chi connectivity index (χ2n) is 8.57. The van der Waals surface area contributed by atoms with Crippen molar-refractivity contribution in [2.24, 2.45) is 0 Å². The quantitative estimate of drug-likeness (QED) is 0.281. The molecule has 34 heavy (non-hydrogen) atoms. The van der Waals surface area contributed by atoms with E-state index in [-0.39, 0.29) is 11.3 Å². The van der Waals surface area contributed by atoms with Gasteiger partial charge in [-0.25, -0.2) is 4.39 Å². The fraction of sp³-hybridized carbons (Fsp3) is 0.0323. The molecule has 0 aliphatic heterocycles. The average Bonchev–Trinajstić information content (AvgIpc) is 3.16. The van der Waals surface area contributed by atoms with Crippen molar-refractivity contribution in [1.82, 2.24) is 0 Å². The molecule has 0 saturated carbocycles. The van der Waals surface area contributed by atoms with E-state index in [1.807, 2.05) is 54.6 Å². The van der Waals surface area contributed by atoms with Gasteiger partial charge in [0.2, 0.25) is 0 Å². The monoisotopic (exact) mass is 462 g/mol. The lowest BCUT2D eigenvalue weighted by Crippen LogP contribution is -2.28. The number of phenols is 1. The Morgan fingerprint density at radius 3 is 1.85 bits per heavy atom. The first kappa shape index (κ1) is 20.7. The van der Waals surface area contributed by atoms with Gasteiger partial charge in [0.1, 0.15) is 11.6 Å². The minimum Gasteiger partial charge on any atom is -0.507 e. The summed E-state index contributed by atoms with van der Waals surface area (Å²) >= 11 is 6.17. The first-order chi connectivity index (χ1) is 16.6. The summed E-state index contributed by atoms with van der Waals surface area (Å²) in [4.78, 5) is 0. The SMILES string of the molecule is Oc1cc2c(cc1-c1cc(Cl)ccc1F)-c1ccccc1C2(c1ccccc1)c1ccccc1. The summed E-state index contributed by atoms with van der Waals surface area (Å²) in [6, 6.07) is 37.1. The molecule has 164 valence electrons. The lowest BCUT2D eigenvalue weighted by Gasteiger charge is -2.34. The highest BCUT2D eigenvalue weighted by molar-refractivity contribution is 6.30. The Kier molecular flexibility index (Phi) is 4.79. The largest absolute Gasteiger partial charge is 0.507 e. The highest BCUT2D eigenvalue weighted by Gasteiger charge is 2.46. The highest BCUT2D eigenvalue weighted by atomic mass is 35.5. The van der Waals surface area contributed by atoms with E-state index in [1.54, 1.807) is 12.1 Å². The van der Waals surface area contributed by atoms with Gasteiger partial charge in [-0.05, 0) is 63.7 Å². The van der Waals surface area contributed by atoms with Crippen molar-refractivity contribution in [3.8, 4) is 28.0 Å². The molecule has 1 aliphatic rings. The Labute approximate surface area is 202 Å². The number of fused-ring (bicyclic) bond motifs is 3. The van der Waals surface area contributed by atoms with Crippen molar-refractivity contribution in [2.75, 3.05) is 0 Å². The minimum absolute atomic E-state index is 0.0176. The number of rotatable bonds is 3. The third-order valence-electron chi connectivity index (χ3n) is 6.79. The number of phenolic OH excluding ortho intramolecular Hbond substituents is 1. The molecule has 1 aliphatic carbocycles. The van der Waals surface area contributed by atoms with Crippen LogP contribution in [0.1, 0.15) is 22.3 Å². The zero-order valence-corrected chi connectivity index (χ0v) is 18.9. The molecular weight excluding hydrogens is 443 g/mol. The maximum atomic E-state index is 14.8. The Bertz CT molecular complexity index is 1490. The third kappa shape index (κ3) is 2.92. The van der Waals surface area contributed by atoms with E-state index < -0.39 is 11.2 Å². The van der Waals surface area contributed by atoms with Crippen LogP contribution in [-0.2, 0) is 5.41 Å². The molecule has 0 atom stereocenters. The van der Waals surface area contributed by atoms with Crippen LogP contribution < -0.4 is 0 Å². The van der Waals surface area contributed by atoms with Crippen LogP contribution in [0.15, 0.2) is 115 Å². The fourth-order valence-electron chi connectivity index (χ4n) is 5.40. The second kappa shape index (κ2) is 7.86. The van der Waals surface area contributed by atoms with Gasteiger partial charge in [-0.15, -0.1) is 0 Å². The van der Waals surface area contributed by atoms with E-state index in [4.69, 9.17) is 11.6 Å². The standard InChI is InChI=1S/C31H20ClFO/c32-22-15-16-29(33)25(17-22)26-18-24-23-13-7-8-14-27(23)31(28(24)19-30(26)34,20-9-3-1-4-10-20)21-11-5-2-6-12-21/h1-19,34H. The molecule has 1 nitrogen and oxygen atoms in total. The van der Waals surface area contributed by atoms with Crippen molar-refractivity contribution in [2.45, 2.75) is 5.41 Å². The number of halogens is 2. The molecule has 0 bridgehead atoms. The van der Waals surface area contributed by atoms with Crippen LogP contribution in [0.25, 0.3) is 22.3 Å². The zero-order valence-electron chi connectivity index (χ0n) is 18.2. The molecular formula is C31H20ClFO. The first-order valence-corrected chi connectivity index (χ1v) is 11.5. The molecule has 0 aromatic heterocycles. The van der Waals surface area contributed by atoms with Gasteiger partial charge < -0.3 is 5.11 Å². The minimum atomic E-state index is -0.614. The number of aromatic hydroxyl groups is 1. The van der Waals surface area contributed by atoms with Gasteiger partial charge in [0, 0.05) is 16.1 Å². The van der Waals surface area contributed by atoms with Crippen molar-refractivity contribution in [3.63, 3.8) is 0 Å². The van der Waals surface area contributed by atoms with Gasteiger partial charge in [0.05, 0.1) is 5.41 Å². The van der Waals surface area contributed by atoms with E-state index in [0.29, 0.717) is 10.6 Å². The van der Waals surface area contributed by atoms with Gasteiger partial charge in [0.15, 0.2) is 0 Å². The maximum Gasteiger partial charge on any atom is 0.131 e. The molecule has 0 spiro atoms. The van der Waals surface area contributed by atoms with E-state index in [9.17, 15) is 9.50 Å². The maximum absolute atomic E-state index is 14.8. The Balaban J connectivity index is 1.74. The summed E-state index contributed by atoms with van der Waals surface area (Å²) in [5, 5.41) is 11.7. The molecule has 0 unspecified atom stereocenters. The molecule has 3 heteroatoms. The molecule has 5 aromatic rings. The van der Waals surface area contributed by atoms with Gasteiger partial charge in [-0.3, -0.25) is 0 Å². The van der Waals surface area contributed by atoms with Crippen LogP contribution in [0.4, 0.5) is 4.39 Å². The molecule has 0 fully saturated rings. The zero-order chi connectivity index (χ0) is 23.3. The molecule has 6 rings (SSSR count). The fourth-order valence-corrected chi connectivity index (χ4v) is 5.57. The van der Waals surface area contributed by atoms with E-state index in [1.165, 1.54) is 12.1 Å². The van der Waals surface area contributed by atoms with E-state index >= 15 is 0 Å². The smallest absolute Gasteiger partial charge is 0.131 e. The van der Waals surface area contributed by atoms with Gasteiger partial charge >= 0.3 is 0 Å². The van der Waals surface area contributed by atoms with Crippen LogP contribution in [0.2, 0.25) is 5.02 Å². The number of benzene rings is 5. The molecule has 0 amide bonds. The van der Waals surface area contributed by atoms with E-state index in [2.05, 4.69) is 36.4 Å². The lowest BCUT2D eigenvalue weighted by molar-refractivity contribution is 0.475. The van der Waals surface area contributed by atoms with Crippen molar-refractivity contribution >= 4 is 11.6 Å². The first-order valence-electron chi connectivity index (χ1n) is 11.1. The summed E-state index contributed by atoms with van der Waals surface area (Å²) in [5.74, 6) is -0.410. The Morgan fingerprint density at radius 1 is 0.559 bits per heavy atom. The van der Waals surface area contributed by atoms with Crippen LogP contribution >= 0.6 is 11.6 Å². The number of hydrogen-bond donors (Lipinski definition) is 1. The predicted octanol–water partition coefficient (Wildman–Crippen LogP) is 8.21. The lowest BCUT2D eigenvalue weighted by atomic mass is 9.67.